The molecule has 6 nitrogen and oxygen atoms in total. The molecule has 0 radical (unpaired) electrons. The molecule has 1 unspecified atom stereocenters. The van der Waals surface area contributed by atoms with Gasteiger partial charge < -0.3 is 28.9 Å². The zero-order valence-electron chi connectivity index (χ0n) is 16.6. The Labute approximate surface area is 166 Å². The highest BCUT2D eigenvalue weighted by Crippen LogP contribution is 2.27. The molecular formula is C19H31BO6S. The molecule has 0 aliphatic carbocycles. The van der Waals surface area contributed by atoms with Crippen LogP contribution in [0.4, 0.5) is 0 Å². The molecule has 1 aliphatic heterocycles. The van der Waals surface area contributed by atoms with Crippen LogP contribution in [0.3, 0.4) is 0 Å². The normalized spacial score (nSPS) is 18.4. The van der Waals surface area contributed by atoms with Gasteiger partial charge in [-0.3, -0.25) is 0 Å². The van der Waals surface area contributed by atoms with Crippen molar-refractivity contribution in [3.05, 3.63) is 24.3 Å². The molecule has 0 bridgehead atoms. The Hall–Kier alpha value is -0.765. The molecule has 8 heteroatoms. The monoisotopic (exact) mass is 398 g/mol. The van der Waals surface area contributed by atoms with Gasteiger partial charge in [0.25, 0.3) is 0 Å². The van der Waals surface area contributed by atoms with Crippen LogP contribution >= 0.6 is 11.8 Å². The van der Waals surface area contributed by atoms with Crippen LogP contribution in [-0.4, -0.2) is 53.9 Å². The van der Waals surface area contributed by atoms with Crippen molar-refractivity contribution in [1.29, 1.82) is 0 Å². The third-order valence-corrected chi connectivity index (χ3v) is 5.70. The van der Waals surface area contributed by atoms with Crippen molar-refractivity contribution in [3.8, 4) is 5.75 Å². The fourth-order valence-electron chi connectivity index (χ4n) is 2.33. The first-order chi connectivity index (χ1) is 12.7. The second-order valence-corrected chi connectivity index (χ2v) is 8.77. The van der Waals surface area contributed by atoms with Gasteiger partial charge in [-0.2, -0.15) is 0 Å². The Bertz CT molecular complexity index is 554. The van der Waals surface area contributed by atoms with Crippen LogP contribution in [0.2, 0.25) is 0 Å². The van der Waals surface area contributed by atoms with Gasteiger partial charge in [-0.15, -0.1) is 11.8 Å². The summed E-state index contributed by atoms with van der Waals surface area (Å²) in [5, 5.41) is 20.0. The zero-order valence-corrected chi connectivity index (χ0v) is 17.5. The van der Waals surface area contributed by atoms with Crippen LogP contribution in [0.25, 0.3) is 0 Å². The first kappa shape index (κ1) is 22.5. The van der Waals surface area contributed by atoms with E-state index < -0.39 is 18.5 Å². The summed E-state index contributed by atoms with van der Waals surface area (Å²) in [5.41, 5.74) is -2.09. The fourth-order valence-corrected chi connectivity index (χ4v) is 3.08. The van der Waals surface area contributed by atoms with Gasteiger partial charge in [0.1, 0.15) is 5.75 Å². The maximum atomic E-state index is 10.1. The van der Waals surface area contributed by atoms with Crippen molar-refractivity contribution in [2.45, 2.75) is 69.3 Å². The molecule has 2 rings (SSSR count). The van der Waals surface area contributed by atoms with E-state index in [0.717, 1.165) is 30.1 Å². The van der Waals surface area contributed by atoms with E-state index in [-0.39, 0.29) is 6.29 Å². The summed E-state index contributed by atoms with van der Waals surface area (Å²) in [5.74, 6) is 1.33. The highest BCUT2D eigenvalue weighted by molar-refractivity contribution is 7.99. The molecular weight excluding hydrogens is 367 g/mol. The van der Waals surface area contributed by atoms with E-state index >= 15 is 0 Å². The standard InChI is InChI=1S/C19H31BO6S/c1-18(2,21)19(3,4)26-20(22)25-15-8-10-16(11-9-15)27-14-13-24-17-7-5-6-12-23-17/h8-11,17,21-22H,5-7,12-14H2,1-4H3. The maximum absolute atomic E-state index is 10.1. The van der Waals surface area contributed by atoms with E-state index in [2.05, 4.69) is 0 Å². The summed E-state index contributed by atoms with van der Waals surface area (Å²) in [6, 6.07) is 7.39. The Balaban J connectivity index is 1.71. The number of hydrogen-bond donors (Lipinski definition) is 2. The fraction of sp³-hybridized carbons (Fsp3) is 0.684. The van der Waals surface area contributed by atoms with Crippen LogP contribution in [0, 0.1) is 0 Å². The molecule has 1 aromatic rings. The highest BCUT2D eigenvalue weighted by Gasteiger charge is 2.40. The second kappa shape index (κ2) is 10.1. The summed E-state index contributed by atoms with van der Waals surface area (Å²) in [6.45, 7) is 8.07. The molecule has 27 heavy (non-hydrogen) atoms. The number of hydrogen-bond acceptors (Lipinski definition) is 7. The lowest BCUT2D eigenvalue weighted by Gasteiger charge is -2.37. The predicted octanol–water partition coefficient (Wildman–Crippen LogP) is 3.24. The first-order valence-electron chi connectivity index (χ1n) is 9.38. The van der Waals surface area contributed by atoms with Gasteiger partial charge in [0.15, 0.2) is 6.29 Å². The number of ether oxygens (including phenoxy) is 2. The van der Waals surface area contributed by atoms with Crippen LogP contribution < -0.4 is 4.65 Å². The average Bonchev–Trinajstić information content (AvgIpc) is 2.59. The summed E-state index contributed by atoms with van der Waals surface area (Å²) in [7, 11) is -1.46. The van der Waals surface area contributed by atoms with Crippen molar-refractivity contribution in [1.82, 2.24) is 0 Å². The summed E-state index contributed by atoms with van der Waals surface area (Å²) in [4.78, 5) is 1.09. The molecule has 1 fully saturated rings. The van der Waals surface area contributed by atoms with Crippen molar-refractivity contribution in [3.63, 3.8) is 0 Å². The van der Waals surface area contributed by atoms with Gasteiger partial charge in [0.2, 0.25) is 0 Å². The molecule has 1 aliphatic rings. The zero-order chi connectivity index (χ0) is 19.9. The van der Waals surface area contributed by atoms with E-state index in [1.165, 1.54) is 6.42 Å². The van der Waals surface area contributed by atoms with Gasteiger partial charge in [-0.25, -0.2) is 0 Å². The Morgan fingerprint density at radius 1 is 1.19 bits per heavy atom. The molecule has 0 saturated carbocycles. The van der Waals surface area contributed by atoms with Crippen LogP contribution in [0.5, 0.6) is 5.75 Å². The lowest BCUT2D eigenvalue weighted by Crippen LogP contribution is -2.51. The van der Waals surface area contributed by atoms with E-state index in [4.69, 9.17) is 18.8 Å². The van der Waals surface area contributed by atoms with Gasteiger partial charge in [0.05, 0.1) is 17.8 Å². The molecule has 0 amide bonds. The Kier molecular flexibility index (Phi) is 8.46. The van der Waals surface area contributed by atoms with Crippen LogP contribution in [-0.2, 0) is 14.1 Å². The average molecular weight is 398 g/mol. The van der Waals surface area contributed by atoms with Crippen LogP contribution in [0.1, 0.15) is 47.0 Å². The van der Waals surface area contributed by atoms with Crippen molar-refractivity contribution in [2.75, 3.05) is 19.0 Å². The van der Waals surface area contributed by atoms with Gasteiger partial charge in [-0.1, -0.05) is 0 Å². The summed E-state index contributed by atoms with van der Waals surface area (Å²) < 4.78 is 22.1. The summed E-state index contributed by atoms with van der Waals surface area (Å²) >= 11 is 1.69. The largest absolute Gasteiger partial charge is 0.710 e. The quantitative estimate of drug-likeness (QED) is 0.356. The molecule has 1 saturated heterocycles. The number of thioether (sulfide) groups is 1. The molecule has 2 N–H and O–H groups in total. The minimum absolute atomic E-state index is 0.0511. The minimum Gasteiger partial charge on any atom is -0.512 e. The second-order valence-electron chi connectivity index (χ2n) is 7.60. The number of rotatable bonds is 10. The topological polar surface area (TPSA) is 77.4 Å². The van der Waals surface area contributed by atoms with Gasteiger partial charge in [0, 0.05) is 17.3 Å². The lowest BCUT2D eigenvalue weighted by atomic mass is 9.88. The first-order valence-corrected chi connectivity index (χ1v) is 10.4. The van der Waals surface area contributed by atoms with Gasteiger partial charge >= 0.3 is 7.32 Å². The Morgan fingerprint density at radius 3 is 2.48 bits per heavy atom. The number of aliphatic hydroxyl groups is 1. The minimum atomic E-state index is -1.46. The molecule has 1 aromatic carbocycles. The third kappa shape index (κ3) is 7.64. The van der Waals surface area contributed by atoms with E-state index in [1.807, 2.05) is 12.1 Å². The van der Waals surface area contributed by atoms with Crippen molar-refractivity contribution >= 4 is 19.1 Å². The highest BCUT2D eigenvalue weighted by atomic mass is 32.2. The third-order valence-electron chi connectivity index (χ3n) is 4.72. The smallest absolute Gasteiger partial charge is 0.512 e. The molecule has 0 aromatic heterocycles. The molecule has 1 heterocycles. The summed E-state index contributed by atoms with van der Waals surface area (Å²) in [6.07, 6.45) is 3.22. The van der Waals surface area contributed by atoms with Crippen molar-refractivity contribution < 1.29 is 28.9 Å². The SMILES string of the molecule is CC(C)(O)C(C)(C)OB(O)Oc1ccc(SCCOC2CCCCO2)cc1. The van der Waals surface area contributed by atoms with E-state index in [1.54, 1.807) is 51.6 Å². The predicted molar refractivity (Wildman–Crippen MR) is 107 cm³/mol. The molecule has 1 atom stereocenters. The molecule has 152 valence electrons. The van der Waals surface area contributed by atoms with Crippen LogP contribution in [0.15, 0.2) is 29.2 Å². The van der Waals surface area contributed by atoms with E-state index in [9.17, 15) is 10.1 Å². The lowest BCUT2D eigenvalue weighted by molar-refractivity contribution is -0.158. The number of benzene rings is 1. The maximum Gasteiger partial charge on any atom is 0.710 e. The molecule has 0 spiro atoms. The van der Waals surface area contributed by atoms with Crippen molar-refractivity contribution in [2.24, 2.45) is 0 Å². The van der Waals surface area contributed by atoms with E-state index in [0.29, 0.717) is 12.4 Å². The Morgan fingerprint density at radius 2 is 1.89 bits per heavy atom. The van der Waals surface area contributed by atoms with Gasteiger partial charge in [-0.05, 0) is 71.2 Å².